The van der Waals surface area contributed by atoms with Crippen LogP contribution in [0.4, 0.5) is 10.5 Å². The number of hydrogen-bond donors (Lipinski definition) is 1. The van der Waals surface area contributed by atoms with Crippen molar-refractivity contribution in [1.82, 2.24) is 10.3 Å². The van der Waals surface area contributed by atoms with E-state index in [2.05, 4.69) is 16.4 Å². The Morgan fingerprint density at radius 1 is 1.32 bits per heavy atom. The molecule has 2 amide bonds. The fourth-order valence-electron chi connectivity index (χ4n) is 2.50. The molecule has 1 atom stereocenters. The number of anilines is 1. The molecule has 1 saturated heterocycles. The number of carbonyl (C=O) groups excluding carboxylic acids is 1. The third-order valence-corrected chi connectivity index (χ3v) is 3.84. The van der Waals surface area contributed by atoms with Gasteiger partial charge in [0.15, 0.2) is 0 Å². The second-order valence-electron chi connectivity index (χ2n) is 5.11. The first-order chi connectivity index (χ1) is 10.7. The van der Waals surface area contributed by atoms with Gasteiger partial charge in [-0.25, -0.2) is 4.79 Å². The van der Waals surface area contributed by atoms with Gasteiger partial charge in [-0.2, -0.15) is 0 Å². The predicted molar refractivity (Wildman–Crippen MR) is 89.0 cm³/mol. The zero-order valence-electron chi connectivity index (χ0n) is 11.9. The molecule has 0 saturated carbocycles. The Bertz CT molecular complexity index is 670. The fourth-order valence-corrected chi connectivity index (χ4v) is 2.62. The van der Waals surface area contributed by atoms with Crippen LogP contribution in [-0.2, 0) is 0 Å². The van der Waals surface area contributed by atoms with Gasteiger partial charge in [-0.15, -0.1) is 0 Å². The number of benzene rings is 1. The molecular formula is C17H16ClN3O. The van der Waals surface area contributed by atoms with Crippen molar-refractivity contribution in [2.24, 2.45) is 0 Å². The monoisotopic (exact) mass is 313 g/mol. The van der Waals surface area contributed by atoms with Crippen molar-refractivity contribution in [2.75, 3.05) is 11.4 Å². The number of hydrogen-bond acceptors (Lipinski definition) is 2. The van der Waals surface area contributed by atoms with Crippen LogP contribution in [0, 0.1) is 0 Å². The lowest BCUT2D eigenvalue weighted by Gasteiger charge is -2.21. The lowest BCUT2D eigenvalue weighted by molar-refractivity contribution is 0.251. The molecular weight excluding hydrogens is 298 g/mol. The van der Waals surface area contributed by atoms with Gasteiger partial charge in [0, 0.05) is 17.8 Å². The van der Waals surface area contributed by atoms with E-state index in [0.29, 0.717) is 6.54 Å². The minimum atomic E-state index is -0.0714. The lowest BCUT2D eigenvalue weighted by Crippen LogP contribution is -2.33. The zero-order valence-corrected chi connectivity index (χ0v) is 12.7. The molecule has 0 radical (unpaired) electrons. The van der Waals surface area contributed by atoms with E-state index in [9.17, 15) is 4.79 Å². The normalized spacial score (nSPS) is 18.0. The standard InChI is InChI=1S/C17H16ClN3O/c18-14-8-6-13(7-9-14)3-1-4-16-12-20-17(22)21(16)15-5-2-10-19-11-15/h1-3,5-11,16H,4,12H2,(H,20,22)/b3-1+. The molecule has 1 aromatic carbocycles. The smallest absolute Gasteiger partial charge is 0.322 e. The molecule has 0 spiro atoms. The predicted octanol–water partition coefficient (Wildman–Crippen LogP) is 3.74. The Kier molecular flexibility index (Phi) is 4.39. The second-order valence-corrected chi connectivity index (χ2v) is 5.55. The summed E-state index contributed by atoms with van der Waals surface area (Å²) in [7, 11) is 0. The average molecular weight is 314 g/mol. The molecule has 1 aliphatic heterocycles. The topological polar surface area (TPSA) is 45.2 Å². The van der Waals surface area contributed by atoms with Crippen molar-refractivity contribution in [3.63, 3.8) is 0 Å². The van der Waals surface area contributed by atoms with E-state index in [1.54, 1.807) is 17.3 Å². The van der Waals surface area contributed by atoms with Gasteiger partial charge in [-0.1, -0.05) is 35.9 Å². The summed E-state index contributed by atoms with van der Waals surface area (Å²) >= 11 is 5.87. The Morgan fingerprint density at radius 3 is 2.86 bits per heavy atom. The highest BCUT2D eigenvalue weighted by Crippen LogP contribution is 2.21. The highest BCUT2D eigenvalue weighted by atomic mass is 35.5. The molecule has 1 fully saturated rings. The highest BCUT2D eigenvalue weighted by Gasteiger charge is 2.30. The third kappa shape index (κ3) is 3.28. The summed E-state index contributed by atoms with van der Waals surface area (Å²) in [6.07, 6.45) is 8.31. The minimum absolute atomic E-state index is 0.0714. The maximum Gasteiger partial charge on any atom is 0.322 e. The summed E-state index contributed by atoms with van der Waals surface area (Å²) < 4.78 is 0. The van der Waals surface area contributed by atoms with Gasteiger partial charge < -0.3 is 5.32 Å². The van der Waals surface area contributed by atoms with Crippen molar-refractivity contribution in [1.29, 1.82) is 0 Å². The molecule has 5 heteroatoms. The third-order valence-electron chi connectivity index (χ3n) is 3.59. The van der Waals surface area contributed by atoms with Crippen LogP contribution in [-0.4, -0.2) is 23.6 Å². The van der Waals surface area contributed by atoms with E-state index in [1.807, 2.05) is 42.5 Å². The van der Waals surface area contributed by atoms with Crippen molar-refractivity contribution in [3.05, 3.63) is 65.5 Å². The molecule has 1 N–H and O–H groups in total. The molecule has 22 heavy (non-hydrogen) atoms. The Labute approximate surface area is 134 Å². The maximum absolute atomic E-state index is 12.0. The SMILES string of the molecule is O=C1NCC(C/C=C/c2ccc(Cl)cc2)N1c1cccnc1. The number of aromatic nitrogens is 1. The minimum Gasteiger partial charge on any atom is -0.336 e. The number of nitrogens with zero attached hydrogens (tertiary/aromatic N) is 2. The van der Waals surface area contributed by atoms with Gasteiger partial charge in [-0.05, 0) is 36.2 Å². The van der Waals surface area contributed by atoms with Gasteiger partial charge in [0.2, 0.25) is 0 Å². The Morgan fingerprint density at radius 2 is 2.14 bits per heavy atom. The molecule has 2 heterocycles. The molecule has 0 bridgehead atoms. The summed E-state index contributed by atoms with van der Waals surface area (Å²) in [6, 6.07) is 11.4. The van der Waals surface area contributed by atoms with E-state index in [4.69, 9.17) is 11.6 Å². The number of carbonyl (C=O) groups is 1. The van der Waals surface area contributed by atoms with Gasteiger partial charge in [0.1, 0.15) is 0 Å². The first-order valence-electron chi connectivity index (χ1n) is 7.13. The van der Waals surface area contributed by atoms with Crippen LogP contribution < -0.4 is 10.2 Å². The van der Waals surface area contributed by atoms with Crippen molar-refractivity contribution >= 4 is 29.4 Å². The first kappa shape index (κ1) is 14.6. The number of amides is 2. The van der Waals surface area contributed by atoms with Crippen LogP contribution >= 0.6 is 11.6 Å². The van der Waals surface area contributed by atoms with Crippen molar-refractivity contribution < 1.29 is 4.79 Å². The number of halogens is 1. The number of urea groups is 1. The van der Waals surface area contributed by atoms with E-state index in [1.165, 1.54) is 0 Å². The quantitative estimate of drug-likeness (QED) is 0.934. The Hall–Kier alpha value is -2.33. The largest absolute Gasteiger partial charge is 0.336 e. The number of pyridine rings is 1. The van der Waals surface area contributed by atoms with Gasteiger partial charge in [-0.3, -0.25) is 9.88 Å². The number of nitrogens with one attached hydrogen (secondary N) is 1. The molecule has 112 valence electrons. The molecule has 1 unspecified atom stereocenters. The second kappa shape index (κ2) is 6.62. The van der Waals surface area contributed by atoms with Gasteiger partial charge in [0.05, 0.1) is 17.9 Å². The number of rotatable bonds is 4. The van der Waals surface area contributed by atoms with Crippen LogP contribution in [0.3, 0.4) is 0 Å². The molecule has 1 aromatic heterocycles. The summed E-state index contributed by atoms with van der Waals surface area (Å²) in [5.74, 6) is 0. The summed E-state index contributed by atoms with van der Waals surface area (Å²) in [5.41, 5.74) is 1.91. The average Bonchev–Trinajstić information content (AvgIpc) is 2.91. The molecule has 0 aliphatic carbocycles. The Balaban J connectivity index is 1.69. The van der Waals surface area contributed by atoms with Crippen LogP contribution in [0.1, 0.15) is 12.0 Å². The molecule has 2 aromatic rings. The summed E-state index contributed by atoms with van der Waals surface area (Å²) in [6.45, 7) is 0.638. The van der Waals surface area contributed by atoms with Crippen LogP contribution in [0.25, 0.3) is 6.08 Å². The zero-order chi connectivity index (χ0) is 15.4. The lowest BCUT2D eigenvalue weighted by atomic mass is 10.1. The van der Waals surface area contributed by atoms with Gasteiger partial charge >= 0.3 is 6.03 Å². The summed E-state index contributed by atoms with van der Waals surface area (Å²) in [4.78, 5) is 17.8. The van der Waals surface area contributed by atoms with E-state index in [0.717, 1.165) is 22.7 Å². The van der Waals surface area contributed by atoms with Crippen molar-refractivity contribution in [3.8, 4) is 0 Å². The molecule has 1 aliphatic rings. The van der Waals surface area contributed by atoms with Crippen molar-refractivity contribution in [2.45, 2.75) is 12.5 Å². The fraction of sp³-hybridized carbons (Fsp3) is 0.176. The van der Waals surface area contributed by atoms with E-state index in [-0.39, 0.29) is 12.1 Å². The van der Waals surface area contributed by atoms with Gasteiger partial charge in [0.25, 0.3) is 0 Å². The van der Waals surface area contributed by atoms with Crippen LogP contribution in [0.15, 0.2) is 54.9 Å². The van der Waals surface area contributed by atoms with E-state index < -0.39 is 0 Å². The summed E-state index contributed by atoms with van der Waals surface area (Å²) in [5, 5.41) is 3.61. The first-order valence-corrected chi connectivity index (χ1v) is 7.51. The molecule has 4 nitrogen and oxygen atoms in total. The molecule has 3 rings (SSSR count). The van der Waals surface area contributed by atoms with Crippen LogP contribution in [0.5, 0.6) is 0 Å². The van der Waals surface area contributed by atoms with E-state index >= 15 is 0 Å². The highest BCUT2D eigenvalue weighted by molar-refractivity contribution is 6.30. The van der Waals surface area contributed by atoms with Crippen LogP contribution in [0.2, 0.25) is 5.02 Å². The maximum atomic E-state index is 12.0.